The Morgan fingerprint density at radius 1 is 1.39 bits per heavy atom. The molecule has 0 fully saturated rings. The van der Waals surface area contributed by atoms with E-state index < -0.39 is 6.04 Å². The Balaban J connectivity index is 2.66. The number of aromatic nitrogens is 1. The van der Waals surface area contributed by atoms with Gasteiger partial charge in [-0.15, -0.1) is 11.8 Å². The van der Waals surface area contributed by atoms with Crippen molar-refractivity contribution in [2.45, 2.75) is 24.9 Å². The van der Waals surface area contributed by atoms with Crippen LogP contribution in [0.5, 0.6) is 0 Å². The highest BCUT2D eigenvalue weighted by atomic mass is 32.2. The number of pyridine rings is 1. The summed E-state index contributed by atoms with van der Waals surface area (Å²) in [7, 11) is 1.36. The van der Waals surface area contributed by atoms with Gasteiger partial charge in [-0.25, -0.2) is 9.78 Å². The van der Waals surface area contributed by atoms with Gasteiger partial charge in [-0.1, -0.05) is 32.0 Å². The zero-order valence-electron chi connectivity index (χ0n) is 13.6. The van der Waals surface area contributed by atoms with Crippen LogP contribution in [0.1, 0.15) is 19.4 Å². The second-order valence-corrected chi connectivity index (χ2v) is 6.18. The molecule has 6 heteroatoms. The number of benzene rings is 1. The first-order valence-corrected chi connectivity index (χ1v) is 8.47. The molecule has 0 saturated heterocycles. The number of anilines is 1. The Kier molecular flexibility index (Phi) is 5.45. The minimum absolute atomic E-state index is 0.0126. The van der Waals surface area contributed by atoms with Crippen LogP contribution in [0, 0.1) is 17.2 Å². The molecule has 2 rings (SSSR count). The van der Waals surface area contributed by atoms with E-state index in [1.54, 1.807) is 0 Å². The monoisotopic (exact) mass is 329 g/mol. The Bertz CT molecular complexity index is 768. The predicted octanol–water partition coefficient (Wildman–Crippen LogP) is 3.44. The Morgan fingerprint density at radius 2 is 2.09 bits per heavy atom. The second-order valence-electron chi connectivity index (χ2n) is 5.39. The van der Waals surface area contributed by atoms with E-state index in [4.69, 9.17) is 4.74 Å². The molecule has 0 aliphatic rings. The third-order valence-electron chi connectivity index (χ3n) is 3.59. The molecule has 1 heterocycles. The van der Waals surface area contributed by atoms with Crippen molar-refractivity contribution in [1.29, 1.82) is 5.26 Å². The fourth-order valence-electron chi connectivity index (χ4n) is 2.37. The molecule has 23 heavy (non-hydrogen) atoms. The molecule has 2 aromatic rings. The van der Waals surface area contributed by atoms with E-state index in [0.717, 1.165) is 10.9 Å². The third kappa shape index (κ3) is 3.40. The molecule has 0 bridgehead atoms. The zero-order chi connectivity index (χ0) is 17.0. The van der Waals surface area contributed by atoms with E-state index in [1.165, 1.54) is 18.9 Å². The minimum atomic E-state index is -0.535. The third-order valence-corrected chi connectivity index (χ3v) is 4.27. The maximum absolute atomic E-state index is 12.1. The lowest BCUT2D eigenvalue weighted by atomic mass is 10.0. The molecule has 5 nitrogen and oxygen atoms in total. The van der Waals surface area contributed by atoms with Gasteiger partial charge in [0.25, 0.3) is 0 Å². The zero-order valence-corrected chi connectivity index (χ0v) is 14.4. The fourth-order valence-corrected chi connectivity index (χ4v) is 2.91. The Morgan fingerprint density at radius 3 is 2.65 bits per heavy atom. The van der Waals surface area contributed by atoms with Gasteiger partial charge in [0.15, 0.2) is 0 Å². The number of rotatable bonds is 5. The lowest BCUT2D eigenvalue weighted by Gasteiger charge is -2.23. The molecule has 1 N–H and O–H groups in total. The van der Waals surface area contributed by atoms with E-state index in [9.17, 15) is 10.1 Å². The van der Waals surface area contributed by atoms with Gasteiger partial charge in [0, 0.05) is 5.39 Å². The first-order valence-electron chi connectivity index (χ1n) is 7.24. The van der Waals surface area contributed by atoms with Gasteiger partial charge in [0.1, 0.15) is 22.7 Å². The number of nitrogens with one attached hydrogen (secondary N) is 1. The minimum Gasteiger partial charge on any atom is -0.467 e. The number of hydrogen-bond acceptors (Lipinski definition) is 6. The normalized spacial score (nSPS) is 12.0. The van der Waals surface area contributed by atoms with Gasteiger partial charge in [-0.3, -0.25) is 0 Å². The highest BCUT2D eigenvalue weighted by molar-refractivity contribution is 7.98. The van der Waals surface area contributed by atoms with Crippen LogP contribution in [0.4, 0.5) is 5.69 Å². The van der Waals surface area contributed by atoms with Crippen LogP contribution in [0.25, 0.3) is 10.9 Å². The SMILES string of the molecule is COC(=O)C(Nc1c(C#N)c(SC)nc2ccccc12)C(C)C. The first-order chi connectivity index (χ1) is 11.0. The maximum atomic E-state index is 12.1. The van der Waals surface area contributed by atoms with Crippen molar-refractivity contribution in [3.63, 3.8) is 0 Å². The number of nitriles is 1. The lowest BCUT2D eigenvalue weighted by Crippen LogP contribution is -2.35. The van der Waals surface area contributed by atoms with E-state index in [0.29, 0.717) is 16.3 Å². The highest BCUT2D eigenvalue weighted by Gasteiger charge is 2.25. The van der Waals surface area contributed by atoms with E-state index >= 15 is 0 Å². The van der Waals surface area contributed by atoms with E-state index in [2.05, 4.69) is 16.4 Å². The number of carbonyl (C=O) groups is 1. The van der Waals surface area contributed by atoms with E-state index in [1.807, 2.05) is 44.4 Å². The van der Waals surface area contributed by atoms with Crippen LogP contribution in [-0.2, 0) is 9.53 Å². The molecular formula is C17H19N3O2S. The van der Waals surface area contributed by atoms with Crippen LogP contribution < -0.4 is 5.32 Å². The van der Waals surface area contributed by atoms with Crippen LogP contribution in [0.3, 0.4) is 0 Å². The van der Waals surface area contributed by atoms with Gasteiger partial charge >= 0.3 is 5.97 Å². The smallest absolute Gasteiger partial charge is 0.328 e. The first kappa shape index (κ1) is 17.1. The van der Waals surface area contributed by atoms with Crippen molar-refractivity contribution in [1.82, 2.24) is 4.98 Å². The van der Waals surface area contributed by atoms with Crippen molar-refractivity contribution in [3.8, 4) is 6.07 Å². The molecule has 1 aromatic heterocycles. The summed E-state index contributed by atoms with van der Waals surface area (Å²) in [5.41, 5.74) is 1.86. The fraction of sp³-hybridized carbons (Fsp3) is 0.353. The Labute approximate surface area is 140 Å². The molecule has 1 atom stereocenters. The van der Waals surface area contributed by atoms with Gasteiger partial charge in [-0.05, 0) is 18.2 Å². The topological polar surface area (TPSA) is 75.0 Å². The standard InChI is InChI=1S/C17H19N3O2S/c1-10(2)14(17(21)22-3)20-15-11-7-5-6-8-13(11)19-16(23-4)12(15)9-18/h5-8,10,14H,1-4H3,(H,19,20). The molecule has 0 aliphatic heterocycles. The maximum Gasteiger partial charge on any atom is 0.328 e. The second kappa shape index (κ2) is 7.34. The molecule has 1 aromatic carbocycles. The summed E-state index contributed by atoms with van der Waals surface area (Å²) in [5.74, 6) is -0.339. The number of fused-ring (bicyclic) bond motifs is 1. The predicted molar refractivity (Wildman–Crippen MR) is 92.5 cm³/mol. The number of nitrogens with zero attached hydrogens (tertiary/aromatic N) is 2. The number of ether oxygens (including phenoxy) is 1. The van der Waals surface area contributed by atoms with Gasteiger partial charge in [-0.2, -0.15) is 5.26 Å². The van der Waals surface area contributed by atoms with Crippen LogP contribution in [-0.4, -0.2) is 30.4 Å². The van der Waals surface area contributed by atoms with Crippen molar-refractivity contribution in [3.05, 3.63) is 29.8 Å². The summed E-state index contributed by atoms with van der Waals surface area (Å²) in [5, 5.41) is 14.2. The van der Waals surface area contributed by atoms with Crippen LogP contribution in [0.15, 0.2) is 29.3 Å². The summed E-state index contributed by atoms with van der Waals surface area (Å²) < 4.78 is 4.88. The number of methoxy groups -OCH3 is 1. The number of para-hydroxylation sites is 1. The van der Waals surface area contributed by atoms with Crippen molar-refractivity contribution >= 4 is 34.3 Å². The summed E-state index contributed by atoms with van der Waals surface area (Å²) >= 11 is 1.41. The van der Waals surface area contributed by atoms with Gasteiger partial charge in [0.05, 0.1) is 18.3 Å². The van der Waals surface area contributed by atoms with Gasteiger partial charge in [0.2, 0.25) is 0 Å². The molecule has 0 saturated carbocycles. The Hall–Kier alpha value is -2.26. The molecule has 0 spiro atoms. The number of hydrogen-bond donors (Lipinski definition) is 1. The number of carbonyl (C=O) groups excluding carboxylic acids is 1. The number of esters is 1. The average Bonchev–Trinajstić information content (AvgIpc) is 2.57. The lowest BCUT2D eigenvalue weighted by molar-refractivity contribution is -0.142. The van der Waals surface area contributed by atoms with Crippen LogP contribution >= 0.6 is 11.8 Å². The molecular weight excluding hydrogens is 310 g/mol. The average molecular weight is 329 g/mol. The largest absolute Gasteiger partial charge is 0.467 e. The quantitative estimate of drug-likeness (QED) is 0.669. The van der Waals surface area contributed by atoms with Crippen LogP contribution in [0.2, 0.25) is 0 Å². The summed E-state index contributed by atoms with van der Waals surface area (Å²) in [6, 6.07) is 9.25. The molecule has 0 aliphatic carbocycles. The summed E-state index contributed by atoms with van der Waals surface area (Å²) in [4.78, 5) is 16.6. The number of thioether (sulfide) groups is 1. The molecule has 1 unspecified atom stereocenters. The summed E-state index contributed by atoms with van der Waals surface area (Å²) in [6.07, 6.45) is 1.88. The van der Waals surface area contributed by atoms with Gasteiger partial charge < -0.3 is 10.1 Å². The molecule has 0 amide bonds. The molecule has 0 radical (unpaired) electrons. The van der Waals surface area contributed by atoms with E-state index in [-0.39, 0.29) is 11.9 Å². The van der Waals surface area contributed by atoms with Crippen molar-refractivity contribution in [2.24, 2.45) is 5.92 Å². The van der Waals surface area contributed by atoms with Crippen molar-refractivity contribution in [2.75, 3.05) is 18.7 Å². The summed E-state index contributed by atoms with van der Waals surface area (Å²) in [6.45, 7) is 3.86. The van der Waals surface area contributed by atoms with Crippen molar-refractivity contribution < 1.29 is 9.53 Å². The highest BCUT2D eigenvalue weighted by Crippen LogP contribution is 2.33. The molecule has 120 valence electrons.